The Hall–Kier alpha value is -1.85. The van der Waals surface area contributed by atoms with E-state index in [-0.39, 0.29) is 12.2 Å². The summed E-state index contributed by atoms with van der Waals surface area (Å²) in [5, 5.41) is 0. The molecule has 0 bridgehead atoms. The van der Waals surface area contributed by atoms with Crippen LogP contribution in [0.4, 0.5) is 0 Å². The molecule has 4 heterocycles. The van der Waals surface area contributed by atoms with E-state index in [2.05, 4.69) is 9.88 Å². The van der Waals surface area contributed by atoms with Crippen molar-refractivity contribution in [3.8, 4) is 5.88 Å². The van der Waals surface area contributed by atoms with Crippen LogP contribution < -0.4 is 4.74 Å². The lowest BCUT2D eigenvalue weighted by Crippen LogP contribution is -2.42. The van der Waals surface area contributed by atoms with Gasteiger partial charge >= 0.3 is 0 Å². The molecule has 2 saturated heterocycles. The molecule has 0 radical (unpaired) electrons. The predicted molar refractivity (Wildman–Crippen MR) is 80.5 cm³/mol. The third kappa shape index (κ3) is 2.74. The summed E-state index contributed by atoms with van der Waals surface area (Å²) in [7, 11) is 0. The van der Waals surface area contributed by atoms with Crippen molar-refractivity contribution >= 4 is 0 Å². The van der Waals surface area contributed by atoms with Gasteiger partial charge in [0.25, 0.3) is 0 Å². The summed E-state index contributed by atoms with van der Waals surface area (Å²) >= 11 is 0. The maximum atomic E-state index is 6.09. The van der Waals surface area contributed by atoms with Crippen LogP contribution in [0.15, 0.2) is 47.4 Å². The van der Waals surface area contributed by atoms with Gasteiger partial charge in [-0.3, -0.25) is 4.90 Å². The lowest BCUT2D eigenvalue weighted by Gasteiger charge is -2.31. The Bertz CT molecular complexity index is 587. The molecular weight excluding hydrogens is 280 g/mol. The molecule has 0 amide bonds. The molecule has 0 spiro atoms. The quantitative estimate of drug-likeness (QED) is 0.868. The first-order chi connectivity index (χ1) is 10.9. The number of rotatable bonds is 4. The van der Waals surface area contributed by atoms with Crippen LogP contribution in [-0.4, -0.2) is 41.3 Å². The fourth-order valence-electron chi connectivity index (χ4n) is 3.48. The van der Waals surface area contributed by atoms with Crippen LogP contribution in [0.5, 0.6) is 5.88 Å². The minimum atomic E-state index is 0.0344. The fourth-order valence-corrected chi connectivity index (χ4v) is 3.48. The first kappa shape index (κ1) is 13.8. The van der Waals surface area contributed by atoms with E-state index in [9.17, 15) is 0 Å². The number of hydrogen-bond donors (Lipinski definition) is 0. The summed E-state index contributed by atoms with van der Waals surface area (Å²) in [6, 6.07) is 8.17. The number of fused-ring (bicyclic) bond motifs is 1. The predicted octanol–water partition coefficient (Wildman–Crippen LogP) is 2.49. The second-order valence-corrected chi connectivity index (χ2v) is 5.93. The molecule has 2 aromatic rings. The second-order valence-electron chi connectivity index (χ2n) is 5.93. The molecule has 0 saturated carbocycles. The molecule has 2 fully saturated rings. The van der Waals surface area contributed by atoms with Gasteiger partial charge in [0.1, 0.15) is 12.2 Å². The van der Waals surface area contributed by atoms with Gasteiger partial charge in [-0.2, -0.15) is 0 Å². The van der Waals surface area contributed by atoms with Crippen LogP contribution in [0.1, 0.15) is 18.4 Å². The molecule has 5 heteroatoms. The SMILES string of the molecule is c1ccc(O[C@H]2CN(Cc3ccoc3)[C@@H]3CCCO[C@H]23)nc1. The third-order valence-corrected chi connectivity index (χ3v) is 4.46. The van der Waals surface area contributed by atoms with Gasteiger partial charge in [-0.05, 0) is 25.0 Å². The van der Waals surface area contributed by atoms with Gasteiger partial charge in [-0.1, -0.05) is 6.07 Å². The molecule has 22 heavy (non-hydrogen) atoms. The molecule has 2 aromatic heterocycles. The van der Waals surface area contributed by atoms with Crippen LogP contribution in [-0.2, 0) is 11.3 Å². The highest BCUT2D eigenvalue weighted by Crippen LogP contribution is 2.32. The van der Waals surface area contributed by atoms with Crippen LogP contribution >= 0.6 is 0 Å². The zero-order chi connectivity index (χ0) is 14.8. The molecule has 0 unspecified atom stereocenters. The number of ether oxygens (including phenoxy) is 2. The van der Waals surface area contributed by atoms with E-state index in [4.69, 9.17) is 13.9 Å². The standard InChI is InChI=1S/C17H20N2O3/c1-2-7-18-16(5-1)22-15-11-19(10-13-6-9-20-12-13)14-4-3-8-21-17(14)15/h1-2,5-7,9,12,14-15,17H,3-4,8,10-11H2/t14-,15+,17+/m1/s1. The molecule has 0 N–H and O–H groups in total. The summed E-state index contributed by atoms with van der Waals surface area (Å²) in [6.07, 6.45) is 7.72. The highest BCUT2D eigenvalue weighted by atomic mass is 16.5. The zero-order valence-corrected chi connectivity index (χ0v) is 12.4. The highest BCUT2D eigenvalue weighted by molar-refractivity contribution is 5.13. The molecular formula is C17H20N2O3. The van der Waals surface area contributed by atoms with Gasteiger partial charge in [0, 0.05) is 43.6 Å². The minimum Gasteiger partial charge on any atom is -0.472 e. The van der Waals surface area contributed by atoms with E-state index < -0.39 is 0 Å². The minimum absolute atomic E-state index is 0.0344. The zero-order valence-electron chi connectivity index (χ0n) is 12.4. The Morgan fingerprint density at radius 3 is 3.14 bits per heavy atom. The monoisotopic (exact) mass is 300 g/mol. The molecule has 3 atom stereocenters. The Balaban J connectivity index is 1.50. The first-order valence-electron chi connectivity index (χ1n) is 7.84. The topological polar surface area (TPSA) is 47.7 Å². The average Bonchev–Trinajstić information content (AvgIpc) is 3.18. The number of pyridine rings is 1. The summed E-state index contributed by atoms with van der Waals surface area (Å²) < 4.78 is 17.3. The third-order valence-electron chi connectivity index (χ3n) is 4.46. The Morgan fingerprint density at radius 1 is 1.32 bits per heavy atom. The largest absolute Gasteiger partial charge is 0.472 e. The summed E-state index contributed by atoms with van der Waals surface area (Å²) in [6.45, 7) is 2.56. The van der Waals surface area contributed by atoms with Crippen molar-refractivity contribution in [2.24, 2.45) is 0 Å². The number of hydrogen-bond acceptors (Lipinski definition) is 5. The van der Waals surface area contributed by atoms with E-state index in [1.807, 2.05) is 30.5 Å². The molecule has 2 aliphatic rings. The van der Waals surface area contributed by atoms with Crippen molar-refractivity contribution in [2.45, 2.75) is 37.6 Å². The Labute approximate surface area is 129 Å². The van der Waals surface area contributed by atoms with Crippen molar-refractivity contribution < 1.29 is 13.9 Å². The van der Waals surface area contributed by atoms with E-state index in [1.54, 1.807) is 12.5 Å². The summed E-state index contributed by atoms with van der Waals surface area (Å²) in [5.41, 5.74) is 1.20. The highest BCUT2D eigenvalue weighted by Gasteiger charge is 2.45. The Kier molecular flexibility index (Phi) is 3.83. The first-order valence-corrected chi connectivity index (χ1v) is 7.84. The maximum Gasteiger partial charge on any atom is 0.213 e. The van der Waals surface area contributed by atoms with E-state index in [0.717, 1.165) is 32.5 Å². The van der Waals surface area contributed by atoms with Crippen LogP contribution in [0.3, 0.4) is 0 Å². The molecule has 5 nitrogen and oxygen atoms in total. The second kappa shape index (κ2) is 6.10. The van der Waals surface area contributed by atoms with Gasteiger partial charge in [0.2, 0.25) is 5.88 Å². The molecule has 4 rings (SSSR count). The number of likely N-dealkylation sites (tertiary alicyclic amines) is 1. The molecule has 0 aliphatic carbocycles. The fraction of sp³-hybridized carbons (Fsp3) is 0.471. The number of furan rings is 1. The van der Waals surface area contributed by atoms with Crippen molar-refractivity contribution in [1.82, 2.24) is 9.88 Å². The van der Waals surface area contributed by atoms with Crippen LogP contribution in [0.2, 0.25) is 0 Å². The van der Waals surface area contributed by atoms with Gasteiger partial charge in [-0.15, -0.1) is 0 Å². The Morgan fingerprint density at radius 2 is 2.32 bits per heavy atom. The molecule has 0 aromatic carbocycles. The van der Waals surface area contributed by atoms with Crippen molar-refractivity contribution in [3.05, 3.63) is 48.6 Å². The van der Waals surface area contributed by atoms with Crippen LogP contribution in [0.25, 0.3) is 0 Å². The van der Waals surface area contributed by atoms with Gasteiger partial charge in [0.05, 0.1) is 12.5 Å². The lowest BCUT2D eigenvalue weighted by atomic mass is 10.0. The molecule has 116 valence electrons. The van der Waals surface area contributed by atoms with Crippen LogP contribution in [0, 0.1) is 0 Å². The van der Waals surface area contributed by atoms with E-state index in [0.29, 0.717) is 11.9 Å². The van der Waals surface area contributed by atoms with Crippen molar-refractivity contribution in [1.29, 1.82) is 0 Å². The summed E-state index contributed by atoms with van der Waals surface area (Å²) in [4.78, 5) is 6.72. The van der Waals surface area contributed by atoms with E-state index in [1.165, 1.54) is 5.56 Å². The molecule has 2 aliphatic heterocycles. The lowest BCUT2D eigenvalue weighted by molar-refractivity contribution is -0.0479. The van der Waals surface area contributed by atoms with Gasteiger partial charge in [-0.25, -0.2) is 4.98 Å². The van der Waals surface area contributed by atoms with Crippen molar-refractivity contribution in [2.75, 3.05) is 13.2 Å². The van der Waals surface area contributed by atoms with Gasteiger partial charge < -0.3 is 13.9 Å². The maximum absolute atomic E-state index is 6.09. The normalized spacial score (nSPS) is 28.5. The van der Waals surface area contributed by atoms with E-state index >= 15 is 0 Å². The van der Waals surface area contributed by atoms with Crippen molar-refractivity contribution in [3.63, 3.8) is 0 Å². The average molecular weight is 300 g/mol. The summed E-state index contributed by atoms with van der Waals surface area (Å²) in [5.74, 6) is 0.672. The number of aromatic nitrogens is 1. The number of nitrogens with zero attached hydrogens (tertiary/aromatic N) is 2. The smallest absolute Gasteiger partial charge is 0.213 e. The van der Waals surface area contributed by atoms with Gasteiger partial charge in [0.15, 0.2) is 0 Å².